The third-order valence-corrected chi connectivity index (χ3v) is 3.41. The second-order valence-electron chi connectivity index (χ2n) is 4.33. The van der Waals surface area contributed by atoms with Crippen LogP contribution >= 0.6 is 23.2 Å². The second kappa shape index (κ2) is 6.74. The summed E-state index contributed by atoms with van der Waals surface area (Å²) in [6.07, 6.45) is 0. The van der Waals surface area contributed by atoms with Crippen LogP contribution < -0.4 is 5.32 Å². The van der Waals surface area contributed by atoms with Gasteiger partial charge in [0.05, 0.1) is 13.2 Å². The number of ether oxygens (including phenoxy) is 1. The van der Waals surface area contributed by atoms with Crippen LogP contribution in [0.3, 0.4) is 0 Å². The molecule has 0 bridgehead atoms. The minimum atomic E-state index is -0.525. The molecule has 0 saturated carbocycles. The summed E-state index contributed by atoms with van der Waals surface area (Å²) in [6, 6.07) is 8.40. The van der Waals surface area contributed by atoms with Gasteiger partial charge in [-0.3, -0.25) is 0 Å². The Morgan fingerprint density at radius 3 is 2.57 bits per heavy atom. The van der Waals surface area contributed by atoms with Gasteiger partial charge in [0, 0.05) is 10.0 Å². The van der Waals surface area contributed by atoms with Crippen molar-refractivity contribution in [1.82, 2.24) is 10.2 Å². The van der Waals surface area contributed by atoms with Gasteiger partial charge in [0.2, 0.25) is 0 Å². The van der Waals surface area contributed by atoms with E-state index >= 15 is 0 Å². The lowest BCUT2D eigenvalue weighted by Gasteiger charge is -2.16. The number of benzene rings is 1. The molecule has 0 fully saturated rings. The fourth-order valence-electron chi connectivity index (χ4n) is 1.77. The molecule has 2 aromatic rings. The van der Waals surface area contributed by atoms with Gasteiger partial charge in [-0.1, -0.05) is 29.3 Å². The Hall–Kier alpha value is -1.85. The van der Waals surface area contributed by atoms with Crippen molar-refractivity contribution in [3.8, 4) is 0 Å². The standard InChI is InChI=1S/C14H13Cl2N3O2/c1-8(10-4-3-9(15)7-11(10)16)17-13-6-5-12(18-19-13)14(20)21-2/h3-8H,1-2H3,(H,17,19)/t8-/m0/s1. The molecule has 1 aromatic heterocycles. The Kier molecular flexibility index (Phi) is 4.98. The van der Waals surface area contributed by atoms with Crippen LogP contribution in [0.1, 0.15) is 29.0 Å². The van der Waals surface area contributed by atoms with E-state index in [9.17, 15) is 4.79 Å². The average Bonchev–Trinajstić information content (AvgIpc) is 2.47. The number of hydrogen-bond donors (Lipinski definition) is 1. The predicted molar refractivity (Wildman–Crippen MR) is 81.9 cm³/mol. The zero-order valence-electron chi connectivity index (χ0n) is 11.4. The van der Waals surface area contributed by atoms with E-state index in [0.29, 0.717) is 15.9 Å². The Labute approximate surface area is 132 Å². The number of halogens is 2. The third-order valence-electron chi connectivity index (χ3n) is 2.85. The van der Waals surface area contributed by atoms with E-state index in [2.05, 4.69) is 20.3 Å². The highest BCUT2D eigenvalue weighted by molar-refractivity contribution is 6.35. The average molecular weight is 326 g/mol. The van der Waals surface area contributed by atoms with Crippen molar-refractivity contribution >= 4 is 35.0 Å². The summed E-state index contributed by atoms with van der Waals surface area (Å²) in [4.78, 5) is 11.3. The molecule has 0 unspecified atom stereocenters. The SMILES string of the molecule is COC(=O)c1ccc(N[C@@H](C)c2ccc(Cl)cc2Cl)nn1. The largest absolute Gasteiger partial charge is 0.464 e. The molecule has 0 amide bonds. The van der Waals surface area contributed by atoms with Crippen LogP contribution in [-0.2, 0) is 4.74 Å². The van der Waals surface area contributed by atoms with Gasteiger partial charge < -0.3 is 10.1 Å². The normalized spacial score (nSPS) is 11.8. The summed E-state index contributed by atoms with van der Waals surface area (Å²) in [5, 5.41) is 12.0. The van der Waals surface area contributed by atoms with Gasteiger partial charge in [-0.05, 0) is 36.8 Å². The van der Waals surface area contributed by atoms with Crippen LogP contribution in [0.2, 0.25) is 10.0 Å². The molecule has 0 aliphatic heterocycles. The molecule has 2 rings (SSSR count). The topological polar surface area (TPSA) is 64.1 Å². The van der Waals surface area contributed by atoms with E-state index in [0.717, 1.165) is 5.56 Å². The first-order valence-electron chi connectivity index (χ1n) is 6.15. The number of nitrogens with zero attached hydrogens (tertiary/aromatic N) is 2. The van der Waals surface area contributed by atoms with Gasteiger partial charge in [0.15, 0.2) is 5.69 Å². The number of rotatable bonds is 4. The molecule has 0 radical (unpaired) electrons. The smallest absolute Gasteiger partial charge is 0.358 e. The molecule has 0 saturated heterocycles. The lowest BCUT2D eigenvalue weighted by Crippen LogP contribution is -2.11. The summed E-state index contributed by atoms with van der Waals surface area (Å²) in [6.45, 7) is 1.94. The van der Waals surface area contributed by atoms with Crippen LogP contribution in [-0.4, -0.2) is 23.3 Å². The number of anilines is 1. The molecule has 1 atom stereocenters. The number of carbonyl (C=O) groups is 1. The Morgan fingerprint density at radius 2 is 2.00 bits per heavy atom. The van der Waals surface area contributed by atoms with Crippen LogP contribution in [0.15, 0.2) is 30.3 Å². The summed E-state index contributed by atoms with van der Waals surface area (Å²) < 4.78 is 4.56. The molecule has 1 N–H and O–H groups in total. The van der Waals surface area contributed by atoms with E-state index < -0.39 is 5.97 Å². The quantitative estimate of drug-likeness (QED) is 0.867. The van der Waals surface area contributed by atoms with Crippen molar-refractivity contribution in [2.24, 2.45) is 0 Å². The van der Waals surface area contributed by atoms with Gasteiger partial charge in [-0.2, -0.15) is 0 Å². The van der Waals surface area contributed by atoms with E-state index in [1.54, 1.807) is 18.2 Å². The number of nitrogens with one attached hydrogen (secondary N) is 1. The Bertz CT molecular complexity index is 647. The molecule has 1 aromatic carbocycles. The fourth-order valence-corrected chi connectivity index (χ4v) is 2.35. The van der Waals surface area contributed by atoms with Gasteiger partial charge in [0.1, 0.15) is 5.82 Å². The highest BCUT2D eigenvalue weighted by atomic mass is 35.5. The van der Waals surface area contributed by atoms with E-state index in [1.807, 2.05) is 13.0 Å². The van der Waals surface area contributed by atoms with Gasteiger partial charge in [-0.15, -0.1) is 10.2 Å². The van der Waals surface area contributed by atoms with Crippen molar-refractivity contribution < 1.29 is 9.53 Å². The Balaban J connectivity index is 2.12. The first-order chi connectivity index (χ1) is 10.0. The van der Waals surface area contributed by atoms with Crippen molar-refractivity contribution in [3.05, 3.63) is 51.6 Å². The molecule has 7 heteroatoms. The molecular formula is C14H13Cl2N3O2. The lowest BCUT2D eigenvalue weighted by atomic mass is 10.1. The first-order valence-corrected chi connectivity index (χ1v) is 6.90. The monoisotopic (exact) mass is 325 g/mol. The molecule has 1 heterocycles. The maximum absolute atomic E-state index is 11.3. The number of carbonyl (C=O) groups excluding carboxylic acids is 1. The van der Waals surface area contributed by atoms with Gasteiger partial charge >= 0.3 is 5.97 Å². The summed E-state index contributed by atoms with van der Waals surface area (Å²) in [5.74, 6) is 0.00372. The Morgan fingerprint density at radius 1 is 1.24 bits per heavy atom. The highest BCUT2D eigenvalue weighted by Gasteiger charge is 2.12. The van der Waals surface area contributed by atoms with Gasteiger partial charge in [-0.25, -0.2) is 4.79 Å². The van der Waals surface area contributed by atoms with Crippen molar-refractivity contribution in [2.75, 3.05) is 12.4 Å². The first kappa shape index (κ1) is 15.5. The third kappa shape index (κ3) is 3.83. The molecule has 5 nitrogen and oxygen atoms in total. The molecule has 21 heavy (non-hydrogen) atoms. The number of methoxy groups -OCH3 is 1. The summed E-state index contributed by atoms with van der Waals surface area (Å²) in [5.41, 5.74) is 1.04. The molecule has 0 spiro atoms. The van der Waals surface area contributed by atoms with Crippen molar-refractivity contribution in [2.45, 2.75) is 13.0 Å². The maximum atomic E-state index is 11.3. The number of aromatic nitrogens is 2. The minimum Gasteiger partial charge on any atom is -0.464 e. The zero-order chi connectivity index (χ0) is 15.4. The van der Waals surface area contributed by atoms with E-state index in [1.165, 1.54) is 13.2 Å². The zero-order valence-corrected chi connectivity index (χ0v) is 12.9. The molecule has 0 aliphatic rings. The van der Waals surface area contributed by atoms with Crippen LogP contribution in [0.25, 0.3) is 0 Å². The molecule has 0 aliphatic carbocycles. The highest BCUT2D eigenvalue weighted by Crippen LogP contribution is 2.27. The van der Waals surface area contributed by atoms with Crippen LogP contribution in [0, 0.1) is 0 Å². The van der Waals surface area contributed by atoms with E-state index in [4.69, 9.17) is 23.2 Å². The van der Waals surface area contributed by atoms with Crippen molar-refractivity contribution in [3.63, 3.8) is 0 Å². The van der Waals surface area contributed by atoms with Crippen molar-refractivity contribution in [1.29, 1.82) is 0 Å². The molecular weight excluding hydrogens is 313 g/mol. The number of hydrogen-bond acceptors (Lipinski definition) is 5. The fraction of sp³-hybridized carbons (Fsp3) is 0.214. The van der Waals surface area contributed by atoms with E-state index in [-0.39, 0.29) is 11.7 Å². The maximum Gasteiger partial charge on any atom is 0.358 e. The minimum absolute atomic E-state index is 0.0898. The lowest BCUT2D eigenvalue weighted by molar-refractivity contribution is 0.0593. The summed E-state index contributed by atoms with van der Waals surface area (Å²) in [7, 11) is 1.29. The van der Waals surface area contributed by atoms with Crippen LogP contribution in [0.5, 0.6) is 0 Å². The van der Waals surface area contributed by atoms with Crippen LogP contribution in [0.4, 0.5) is 5.82 Å². The second-order valence-corrected chi connectivity index (χ2v) is 5.17. The predicted octanol–water partition coefficient (Wildman–Crippen LogP) is 3.74. The molecule has 110 valence electrons. The number of esters is 1. The summed E-state index contributed by atoms with van der Waals surface area (Å²) >= 11 is 12.0. The van der Waals surface area contributed by atoms with Gasteiger partial charge in [0.25, 0.3) is 0 Å².